The average Bonchev–Trinajstić information content (AvgIpc) is 2.56. The van der Waals surface area contributed by atoms with Gasteiger partial charge in [-0.2, -0.15) is 5.10 Å². The number of ether oxygens (including phenoxy) is 2. The molecule has 0 aliphatic rings. The van der Waals surface area contributed by atoms with E-state index in [1.165, 1.54) is 6.21 Å². The minimum Gasteiger partial charge on any atom is -0.493 e. The van der Waals surface area contributed by atoms with E-state index in [2.05, 4.69) is 10.5 Å². The van der Waals surface area contributed by atoms with Gasteiger partial charge < -0.3 is 15.2 Å². The highest BCUT2D eigenvalue weighted by Crippen LogP contribution is 2.16. The predicted octanol–water partition coefficient (Wildman–Crippen LogP) is 2.85. The van der Waals surface area contributed by atoms with Crippen LogP contribution in [0.2, 0.25) is 0 Å². The lowest BCUT2D eigenvalue weighted by Crippen LogP contribution is -2.24. The molecule has 0 saturated heterocycles. The third-order valence-corrected chi connectivity index (χ3v) is 3.16. The first-order valence-electron chi connectivity index (χ1n) is 7.65. The van der Waals surface area contributed by atoms with Gasteiger partial charge in [0, 0.05) is 6.42 Å². The number of aryl methyl sites for hydroxylation is 1. The minimum atomic E-state index is -0.702. The van der Waals surface area contributed by atoms with Crippen LogP contribution in [0.15, 0.2) is 53.6 Å². The highest BCUT2D eigenvalue weighted by atomic mass is 16.5. The normalized spacial score (nSPS) is 10.5. The fourth-order valence-corrected chi connectivity index (χ4v) is 2.00. The molecule has 0 radical (unpaired) electrons. The van der Waals surface area contributed by atoms with E-state index >= 15 is 0 Å². The number of urea groups is 1. The van der Waals surface area contributed by atoms with E-state index < -0.39 is 6.03 Å². The Hall–Kier alpha value is -3.02. The third-order valence-electron chi connectivity index (χ3n) is 3.16. The highest BCUT2D eigenvalue weighted by molar-refractivity contribution is 5.81. The molecule has 2 amide bonds. The molecule has 3 N–H and O–H groups in total. The zero-order valence-electron chi connectivity index (χ0n) is 13.6. The van der Waals surface area contributed by atoms with Crippen LogP contribution in [0.3, 0.4) is 0 Å². The highest BCUT2D eigenvalue weighted by Gasteiger charge is 1.99. The molecule has 126 valence electrons. The molecular weight excluding hydrogens is 306 g/mol. The summed E-state index contributed by atoms with van der Waals surface area (Å²) in [6.45, 7) is 3.16. The van der Waals surface area contributed by atoms with Crippen molar-refractivity contribution in [3.8, 4) is 11.5 Å². The fraction of sp³-hybridized carbons (Fsp3) is 0.222. The molecule has 2 aromatic rings. The monoisotopic (exact) mass is 327 g/mol. The van der Waals surface area contributed by atoms with Gasteiger partial charge in [-0.25, -0.2) is 10.2 Å². The van der Waals surface area contributed by atoms with Gasteiger partial charge in [0.2, 0.25) is 0 Å². The summed E-state index contributed by atoms with van der Waals surface area (Å²) in [7, 11) is 0. The summed E-state index contributed by atoms with van der Waals surface area (Å²) in [6.07, 6.45) is 2.27. The lowest BCUT2D eigenvalue weighted by molar-refractivity contribution is 0.246. The minimum absolute atomic E-state index is 0.548. The lowest BCUT2D eigenvalue weighted by atomic mass is 10.2. The summed E-state index contributed by atoms with van der Waals surface area (Å²) >= 11 is 0. The first-order chi connectivity index (χ1) is 11.6. The number of hydrogen-bond donors (Lipinski definition) is 2. The molecule has 0 unspecified atom stereocenters. The van der Waals surface area contributed by atoms with E-state index in [0.29, 0.717) is 13.2 Å². The van der Waals surface area contributed by atoms with Crippen LogP contribution in [-0.2, 0) is 0 Å². The number of nitrogens with one attached hydrogen (secondary N) is 1. The summed E-state index contributed by atoms with van der Waals surface area (Å²) in [5.41, 5.74) is 9.00. The SMILES string of the molecule is Cc1ccccc1OCCCOc1cccc(C=NNC(N)=O)c1. The van der Waals surface area contributed by atoms with Crippen LogP contribution in [-0.4, -0.2) is 25.5 Å². The Morgan fingerprint density at radius 1 is 1.17 bits per heavy atom. The van der Waals surface area contributed by atoms with Gasteiger partial charge in [0.25, 0.3) is 0 Å². The van der Waals surface area contributed by atoms with Crippen molar-refractivity contribution in [1.82, 2.24) is 5.43 Å². The number of hydrazone groups is 1. The van der Waals surface area contributed by atoms with Crippen LogP contribution in [0.5, 0.6) is 11.5 Å². The first-order valence-corrected chi connectivity index (χ1v) is 7.65. The zero-order chi connectivity index (χ0) is 17.2. The molecule has 0 aromatic heterocycles. The maximum absolute atomic E-state index is 10.5. The molecule has 0 atom stereocenters. The van der Waals surface area contributed by atoms with Crippen LogP contribution in [0.1, 0.15) is 17.5 Å². The number of rotatable bonds is 8. The number of carbonyl (C=O) groups excluding carboxylic acids is 1. The average molecular weight is 327 g/mol. The summed E-state index contributed by atoms with van der Waals surface area (Å²) in [4.78, 5) is 10.5. The molecular formula is C18H21N3O3. The molecule has 2 rings (SSSR count). The van der Waals surface area contributed by atoms with Crippen molar-refractivity contribution >= 4 is 12.2 Å². The second-order valence-electron chi connectivity index (χ2n) is 5.12. The topological polar surface area (TPSA) is 85.9 Å². The summed E-state index contributed by atoms with van der Waals surface area (Å²) < 4.78 is 11.4. The predicted molar refractivity (Wildman–Crippen MR) is 93.5 cm³/mol. The number of amides is 2. The van der Waals surface area contributed by atoms with E-state index in [-0.39, 0.29) is 0 Å². The van der Waals surface area contributed by atoms with Gasteiger partial charge in [0.15, 0.2) is 0 Å². The van der Waals surface area contributed by atoms with Crippen LogP contribution < -0.4 is 20.6 Å². The van der Waals surface area contributed by atoms with Crippen molar-refractivity contribution in [1.29, 1.82) is 0 Å². The summed E-state index contributed by atoms with van der Waals surface area (Å²) in [6, 6.07) is 14.6. The van der Waals surface area contributed by atoms with Crippen LogP contribution in [0, 0.1) is 6.92 Å². The maximum atomic E-state index is 10.5. The van der Waals surface area contributed by atoms with E-state index in [0.717, 1.165) is 29.0 Å². The van der Waals surface area contributed by atoms with Gasteiger partial charge in [0.1, 0.15) is 11.5 Å². The molecule has 0 aliphatic carbocycles. The second-order valence-corrected chi connectivity index (χ2v) is 5.12. The van der Waals surface area contributed by atoms with Gasteiger partial charge >= 0.3 is 6.03 Å². The first kappa shape index (κ1) is 17.3. The Balaban J connectivity index is 1.73. The second kappa shape index (κ2) is 9.19. The van der Waals surface area contributed by atoms with Gasteiger partial charge in [-0.1, -0.05) is 30.3 Å². The Morgan fingerprint density at radius 2 is 1.96 bits per heavy atom. The van der Waals surface area contributed by atoms with Crippen molar-refractivity contribution < 1.29 is 14.3 Å². The van der Waals surface area contributed by atoms with Crippen molar-refractivity contribution in [3.05, 3.63) is 59.7 Å². The lowest BCUT2D eigenvalue weighted by Gasteiger charge is -2.10. The smallest absolute Gasteiger partial charge is 0.332 e. The Labute approximate surface area is 141 Å². The quantitative estimate of drug-likeness (QED) is 0.444. The number of nitrogens with zero attached hydrogens (tertiary/aromatic N) is 1. The number of para-hydroxylation sites is 1. The number of hydrogen-bond acceptors (Lipinski definition) is 4. The van der Waals surface area contributed by atoms with Crippen molar-refractivity contribution in [2.45, 2.75) is 13.3 Å². The van der Waals surface area contributed by atoms with Gasteiger partial charge in [0.05, 0.1) is 19.4 Å². The van der Waals surface area contributed by atoms with Crippen LogP contribution >= 0.6 is 0 Å². The molecule has 0 aliphatic heterocycles. The standard InChI is InChI=1S/C18H21N3O3/c1-14-6-2-3-9-17(14)24-11-5-10-23-16-8-4-7-15(12-16)13-20-21-18(19)22/h2-4,6-9,12-13H,5,10-11H2,1H3,(H3,19,21,22). The Bertz CT molecular complexity index is 701. The molecule has 2 aromatic carbocycles. The number of nitrogens with two attached hydrogens (primary N) is 1. The Kier molecular flexibility index (Phi) is 6.64. The number of benzene rings is 2. The molecule has 6 heteroatoms. The van der Waals surface area contributed by atoms with E-state index in [4.69, 9.17) is 15.2 Å². The third kappa shape index (κ3) is 6.00. The van der Waals surface area contributed by atoms with Gasteiger partial charge in [-0.05, 0) is 36.2 Å². The molecule has 0 bridgehead atoms. The van der Waals surface area contributed by atoms with Crippen LogP contribution in [0.4, 0.5) is 4.79 Å². The van der Waals surface area contributed by atoms with Crippen molar-refractivity contribution in [3.63, 3.8) is 0 Å². The van der Waals surface area contributed by atoms with E-state index in [9.17, 15) is 4.79 Å². The van der Waals surface area contributed by atoms with Crippen LogP contribution in [0.25, 0.3) is 0 Å². The fourth-order valence-electron chi connectivity index (χ4n) is 2.00. The van der Waals surface area contributed by atoms with E-state index in [1.54, 1.807) is 0 Å². The number of primary amides is 1. The molecule has 6 nitrogen and oxygen atoms in total. The van der Waals surface area contributed by atoms with E-state index in [1.807, 2.05) is 55.5 Å². The molecule has 0 saturated carbocycles. The van der Waals surface area contributed by atoms with Crippen molar-refractivity contribution in [2.75, 3.05) is 13.2 Å². The largest absolute Gasteiger partial charge is 0.493 e. The van der Waals surface area contributed by atoms with Gasteiger partial charge in [-0.15, -0.1) is 0 Å². The summed E-state index contributed by atoms with van der Waals surface area (Å²) in [5.74, 6) is 1.63. The molecule has 0 heterocycles. The van der Waals surface area contributed by atoms with Crippen molar-refractivity contribution in [2.24, 2.45) is 10.8 Å². The van der Waals surface area contributed by atoms with Gasteiger partial charge in [-0.3, -0.25) is 0 Å². The summed E-state index contributed by atoms with van der Waals surface area (Å²) in [5, 5.41) is 3.71. The molecule has 24 heavy (non-hydrogen) atoms. The Morgan fingerprint density at radius 3 is 2.75 bits per heavy atom. The maximum Gasteiger partial charge on any atom is 0.332 e. The zero-order valence-corrected chi connectivity index (χ0v) is 13.6. The molecule has 0 spiro atoms. The molecule has 0 fully saturated rings. The number of carbonyl (C=O) groups is 1.